The van der Waals surface area contributed by atoms with Crippen LogP contribution in [0.2, 0.25) is 0 Å². The summed E-state index contributed by atoms with van der Waals surface area (Å²) in [5.41, 5.74) is 2.94. The Labute approximate surface area is 142 Å². The van der Waals surface area contributed by atoms with E-state index in [1.165, 1.54) is 0 Å². The number of anilines is 1. The molecule has 0 aliphatic rings. The highest BCUT2D eigenvalue weighted by molar-refractivity contribution is 5.81. The van der Waals surface area contributed by atoms with Crippen molar-refractivity contribution >= 4 is 23.6 Å². The Morgan fingerprint density at radius 2 is 1.58 bits per heavy atom. The van der Waals surface area contributed by atoms with Crippen molar-refractivity contribution in [2.24, 2.45) is 4.99 Å². The lowest BCUT2D eigenvalue weighted by atomic mass is 10.1. The van der Waals surface area contributed by atoms with Crippen molar-refractivity contribution in [1.82, 2.24) is 0 Å². The van der Waals surface area contributed by atoms with E-state index in [-0.39, 0.29) is 6.42 Å². The molecule has 24 heavy (non-hydrogen) atoms. The second-order valence-electron chi connectivity index (χ2n) is 5.42. The molecule has 0 saturated carbocycles. The smallest absolute Gasteiger partial charge is 0.303 e. The van der Waals surface area contributed by atoms with Crippen LogP contribution in [-0.2, 0) is 4.79 Å². The van der Waals surface area contributed by atoms with Crippen LogP contribution in [0, 0.1) is 0 Å². The lowest BCUT2D eigenvalue weighted by Crippen LogP contribution is -1.96. The molecule has 2 rings (SSSR count). The maximum atomic E-state index is 10.6. The van der Waals surface area contributed by atoms with Gasteiger partial charge in [0.25, 0.3) is 0 Å². The molecule has 4 heteroatoms. The van der Waals surface area contributed by atoms with Crippen LogP contribution in [0.4, 0.5) is 11.4 Å². The standard InChI is InChI=1S/C20H22N2O2/c23-20(24)14-8-7-9-17(15-21-18-10-3-1-4-11-18)16-22-19-12-5-2-6-13-19/h1-6,10-13,15-16,21H,7-9,14H2,(H,23,24)/b17-15+,22-16+. The molecule has 2 N–H and O–H groups in total. The van der Waals surface area contributed by atoms with E-state index in [9.17, 15) is 4.79 Å². The molecule has 2 aromatic rings. The molecule has 0 saturated heterocycles. The summed E-state index contributed by atoms with van der Waals surface area (Å²) < 4.78 is 0. The van der Waals surface area contributed by atoms with E-state index < -0.39 is 5.97 Å². The van der Waals surface area contributed by atoms with Gasteiger partial charge >= 0.3 is 5.97 Å². The van der Waals surface area contributed by atoms with Gasteiger partial charge in [-0.05, 0) is 49.1 Å². The minimum absolute atomic E-state index is 0.204. The van der Waals surface area contributed by atoms with Crippen molar-refractivity contribution in [3.63, 3.8) is 0 Å². The molecule has 0 amide bonds. The fraction of sp³-hybridized carbons (Fsp3) is 0.200. The van der Waals surface area contributed by atoms with Gasteiger partial charge in [-0.25, -0.2) is 0 Å². The van der Waals surface area contributed by atoms with Gasteiger partial charge in [0.15, 0.2) is 0 Å². The Morgan fingerprint density at radius 3 is 2.25 bits per heavy atom. The largest absolute Gasteiger partial charge is 0.481 e. The number of rotatable bonds is 9. The van der Waals surface area contributed by atoms with Crippen molar-refractivity contribution in [3.05, 3.63) is 72.4 Å². The number of aliphatic imine (C=N–C) groups is 1. The highest BCUT2D eigenvalue weighted by Crippen LogP contribution is 2.14. The summed E-state index contributed by atoms with van der Waals surface area (Å²) in [4.78, 5) is 15.1. The summed E-state index contributed by atoms with van der Waals surface area (Å²) in [5, 5.41) is 12.0. The summed E-state index contributed by atoms with van der Waals surface area (Å²) in [6.45, 7) is 0. The number of benzene rings is 2. The second kappa shape index (κ2) is 10.0. The number of hydrogen-bond acceptors (Lipinski definition) is 3. The molecule has 0 radical (unpaired) electrons. The van der Waals surface area contributed by atoms with Gasteiger partial charge in [0.2, 0.25) is 0 Å². The molecule has 4 nitrogen and oxygen atoms in total. The van der Waals surface area contributed by atoms with Crippen LogP contribution in [0.1, 0.15) is 25.7 Å². The molecule has 2 aromatic carbocycles. The fourth-order valence-corrected chi connectivity index (χ4v) is 2.16. The van der Waals surface area contributed by atoms with E-state index in [1.807, 2.05) is 73.1 Å². The zero-order valence-corrected chi connectivity index (χ0v) is 13.6. The fourth-order valence-electron chi connectivity index (χ4n) is 2.16. The lowest BCUT2D eigenvalue weighted by molar-refractivity contribution is -0.137. The zero-order chi connectivity index (χ0) is 17.0. The minimum atomic E-state index is -0.749. The maximum absolute atomic E-state index is 10.6. The van der Waals surface area contributed by atoms with Gasteiger partial charge in [-0.2, -0.15) is 0 Å². The van der Waals surface area contributed by atoms with Crippen LogP contribution in [-0.4, -0.2) is 17.3 Å². The molecule has 0 unspecified atom stereocenters. The summed E-state index contributed by atoms with van der Waals surface area (Å²) in [6, 6.07) is 19.7. The number of allylic oxidation sites excluding steroid dienone is 1. The highest BCUT2D eigenvalue weighted by atomic mass is 16.4. The van der Waals surface area contributed by atoms with E-state index in [0.29, 0.717) is 6.42 Å². The number of para-hydroxylation sites is 2. The molecule has 0 aromatic heterocycles. The van der Waals surface area contributed by atoms with Crippen molar-refractivity contribution < 1.29 is 9.90 Å². The predicted octanol–water partition coefficient (Wildman–Crippen LogP) is 5.03. The minimum Gasteiger partial charge on any atom is -0.481 e. The SMILES string of the molecule is O=C(O)CCCCC(/C=N/c1ccccc1)=C\Nc1ccccc1. The van der Waals surface area contributed by atoms with Crippen molar-refractivity contribution in [1.29, 1.82) is 0 Å². The van der Waals surface area contributed by atoms with Crippen LogP contribution in [0.25, 0.3) is 0 Å². The number of carbonyl (C=O) groups is 1. The van der Waals surface area contributed by atoms with Gasteiger partial charge in [-0.3, -0.25) is 9.79 Å². The van der Waals surface area contributed by atoms with Gasteiger partial charge in [0.1, 0.15) is 0 Å². The molecule has 0 aliphatic carbocycles. The monoisotopic (exact) mass is 322 g/mol. The zero-order valence-electron chi connectivity index (χ0n) is 13.6. The van der Waals surface area contributed by atoms with Gasteiger partial charge < -0.3 is 10.4 Å². The highest BCUT2D eigenvalue weighted by Gasteiger charge is 1.99. The summed E-state index contributed by atoms with van der Waals surface area (Å²) >= 11 is 0. The maximum Gasteiger partial charge on any atom is 0.303 e. The Hall–Kier alpha value is -2.88. The Balaban J connectivity index is 1.99. The quantitative estimate of drug-likeness (QED) is 0.503. The van der Waals surface area contributed by atoms with Crippen LogP contribution >= 0.6 is 0 Å². The summed E-state index contributed by atoms with van der Waals surface area (Å²) in [5.74, 6) is -0.749. The van der Waals surface area contributed by atoms with Gasteiger partial charge in [-0.15, -0.1) is 0 Å². The Kier molecular flexibility index (Phi) is 7.28. The van der Waals surface area contributed by atoms with E-state index in [0.717, 1.165) is 29.8 Å². The third-order valence-corrected chi connectivity index (χ3v) is 3.44. The molecular formula is C20H22N2O2. The molecular weight excluding hydrogens is 300 g/mol. The number of carboxylic acid groups (broad SMARTS) is 1. The molecule has 0 aliphatic heterocycles. The first-order valence-electron chi connectivity index (χ1n) is 8.05. The lowest BCUT2D eigenvalue weighted by Gasteiger charge is -2.05. The Bertz CT molecular complexity index is 679. The van der Waals surface area contributed by atoms with E-state index in [4.69, 9.17) is 5.11 Å². The van der Waals surface area contributed by atoms with E-state index in [1.54, 1.807) is 0 Å². The molecule has 0 heterocycles. The van der Waals surface area contributed by atoms with Crippen LogP contribution < -0.4 is 5.32 Å². The molecule has 0 fully saturated rings. The number of carboxylic acids is 1. The van der Waals surface area contributed by atoms with Crippen LogP contribution in [0.15, 0.2) is 77.4 Å². The average Bonchev–Trinajstić information content (AvgIpc) is 2.62. The third-order valence-electron chi connectivity index (χ3n) is 3.44. The molecule has 0 bridgehead atoms. The van der Waals surface area contributed by atoms with Gasteiger partial charge in [0, 0.05) is 24.5 Å². The number of nitrogens with one attached hydrogen (secondary N) is 1. The van der Waals surface area contributed by atoms with E-state index >= 15 is 0 Å². The predicted molar refractivity (Wildman–Crippen MR) is 98.8 cm³/mol. The topological polar surface area (TPSA) is 61.7 Å². The molecule has 0 atom stereocenters. The van der Waals surface area contributed by atoms with Crippen LogP contribution in [0.5, 0.6) is 0 Å². The van der Waals surface area contributed by atoms with Crippen molar-refractivity contribution in [2.75, 3.05) is 5.32 Å². The normalized spacial score (nSPS) is 11.6. The van der Waals surface area contributed by atoms with Gasteiger partial charge in [0.05, 0.1) is 5.69 Å². The molecule has 0 spiro atoms. The first-order valence-corrected chi connectivity index (χ1v) is 8.05. The first kappa shape index (κ1) is 17.5. The van der Waals surface area contributed by atoms with Crippen molar-refractivity contribution in [3.8, 4) is 0 Å². The van der Waals surface area contributed by atoms with Crippen molar-refractivity contribution in [2.45, 2.75) is 25.7 Å². The average molecular weight is 322 g/mol. The van der Waals surface area contributed by atoms with Crippen LogP contribution in [0.3, 0.4) is 0 Å². The summed E-state index contributed by atoms with van der Waals surface area (Å²) in [6.07, 6.45) is 6.24. The molecule has 124 valence electrons. The number of aliphatic carboxylic acids is 1. The number of nitrogens with zero attached hydrogens (tertiary/aromatic N) is 1. The Morgan fingerprint density at radius 1 is 0.958 bits per heavy atom. The third kappa shape index (κ3) is 6.92. The van der Waals surface area contributed by atoms with Gasteiger partial charge in [-0.1, -0.05) is 36.4 Å². The number of unbranched alkanes of at least 4 members (excludes halogenated alkanes) is 1. The second-order valence-corrected chi connectivity index (χ2v) is 5.42. The first-order chi connectivity index (χ1) is 11.7. The van der Waals surface area contributed by atoms with E-state index in [2.05, 4.69) is 10.3 Å². The summed E-state index contributed by atoms with van der Waals surface area (Å²) in [7, 11) is 0. The number of hydrogen-bond donors (Lipinski definition) is 2.